The van der Waals surface area contributed by atoms with Gasteiger partial charge in [-0.05, 0) is 45.8 Å². The molecule has 7 nitrogen and oxygen atoms in total. The predicted octanol–water partition coefficient (Wildman–Crippen LogP) is 2.30. The summed E-state index contributed by atoms with van der Waals surface area (Å²) in [6.45, 7) is 7.06. The van der Waals surface area contributed by atoms with Gasteiger partial charge in [-0.25, -0.2) is 4.98 Å². The fourth-order valence-corrected chi connectivity index (χ4v) is 3.72. The van der Waals surface area contributed by atoms with Crippen molar-refractivity contribution in [2.45, 2.75) is 38.8 Å². The number of benzene rings is 1. The first-order chi connectivity index (χ1) is 12.4. The topological polar surface area (TPSA) is 65.8 Å². The number of likely N-dealkylation sites (tertiary alicyclic amines) is 1. The Labute approximate surface area is 153 Å². The molecular weight excluding hydrogens is 334 g/mol. The van der Waals surface area contributed by atoms with Crippen molar-refractivity contribution in [1.29, 1.82) is 0 Å². The normalized spacial score (nSPS) is 15.4. The minimum Gasteiger partial charge on any atom is -0.493 e. The van der Waals surface area contributed by atoms with Gasteiger partial charge >= 0.3 is 0 Å². The molecule has 0 unspecified atom stereocenters. The van der Waals surface area contributed by atoms with E-state index in [1.165, 1.54) is 34.2 Å². The Morgan fingerprint density at radius 3 is 2.31 bits per heavy atom. The summed E-state index contributed by atoms with van der Waals surface area (Å²) in [6, 6.07) is 1.67. The highest BCUT2D eigenvalue weighted by Gasteiger charge is 2.30. The van der Waals surface area contributed by atoms with Crippen LogP contribution in [0.15, 0.2) is 17.2 Å². The molecule has 0 spiro atoms. The molecule has 7 heteroatoms. The first kappa shape index (κ1) is 18.5. The lowest BCUT2D eigenvalue weighted by molar-refractivity contribution is 0.132. The molecule has 2 heterocycles. The van der Waals surface area contributed by atoms with E-state index in [4.69, 9.17) is 14.2 Å². The lowest BCUT2D eigenvalue weighted by atomic mass is 10.0. The zero-order valence-electron chi connectivity index (χ0n) is 16.2. The summed E-state index contributed by atoms with van der Waals surface area (Å²) in [5.41, 5.74) is 0.253. The zero-order valence-corrected chi connectivity index (χ0v) is 16.2. The van der Waals surface area contributed by atoms with E-state index in [1.807, 2.05) is 0 Å². The Morgan fingerprint density at radius 1 is 1.08 bits per heavy atom. The van der Waals surface area contributed by atoms with Gasteiger partial charge in [0.1, 0.15) is 5.52 Å². The average Bonchev–Trinajstić information content (AvgIpc) is 3.18. The molecule has 26 heavy (non-hydrogen) atoms. The van der Waals surface area contributed by atoms with Gasteiger partial charge in [0.05, 0.1) is 33.0 Å². The van der Waals surface area contributed by atoms with Crippen LogP contribution < -0.4 is 19.8 Å². The van der Waals surface area contributed by atoms with Crippen LogP contribution in [0, 0.1) is 0 Å². The second kappa shape index (κ2) is 7.15. The maximum atomic E-state index is 13.1. The molecule has 3 rings (SSSR count). The lowest BCUT2D eigenvalue weighted by Crippen LogP contribution is -2.47. The Morgan fingerprint density at radius 2 is 1.73 bits per heavy atom. The van der Waals surface area contributed by atoms with Gasteiger partial charge in [-0.3, -0.25) is 14.3 Å². The van der Waals surface area contributed by atoms with Gasteiger partial charge in [-0.2, -0.15) is 0 Å². The molecule has 0 saturated carbocycles. The quantitative estimate of drug-likeness (QED) is 0.787. The van der Waals surface area contributed by atoms with Crippen molar-refractivity contribution in [2.75, 3.05) is 34.4 Å². The number of methoxy groups -OCH3 is 3. The van der Waals surface area contributed by atoms with Crippen LogP contribution in [-0.4, -0.2) is 54.4 Å². The third kappa shape index (κ3) is 3.11. The van der Waals surface area contributed by atoms with Gasteiger partial charge in [0.15, 0.2) is 11.5 Å². The number of hydrogen-bond acceptors (Lipinski definition) is 6. The summed E-state index contributed by atoms with van der Waals surface area (Å²) in [4.78, 5) is 20.0. The molecule has 0 amide bonds. The van der Waals surface area contributed by atoms with Crippen LogP contribution >= 0.6 is 0 Å². The SMILES string of the molecule is COc1cc2c(=O)n(CC(C)(C)N3CCCC3)cnc2c(OC)c1OC. The molecule has 0 radical (unpaired) electrons. The van der Waals surface area contributed by atoms with Crippen molar-refractivity contribution in [3.8, 4) is 17.2 Å². The number of fused-ring (bicyclic) bond motifs is 1. The van der Waals surface area contributed by atoms with E-state index in [9.17, 15) is 4.79 Å². The molecule has 0 aliphatic carbocycles. The summed E-state index contributed by atoms with van der Waals surface area (Å²) in [6.07, 6.45) is 4.02. The van der Waals surface area contributed by atoms with E-state index >= 15 is 0 Å². The van der Waals surface area contributed by atoms with Crippen LogP contribution in [0.2, 0.25) is 0 Å². The zero-order chi connectivity index (χ0) is 18.9. The maximum absolute atomic E-state index is 13.1. The highest BCUT2D eigenvalue weighted by Crippen LogP contribution is 2.41. The van der Waals surface area contributed by atoms with Gasteiger partial charge < -0.3 is 14.2 Å². The van der Waals surface area contributed by atoms with Crippen LogP contribution in [0.3, 0.4) is 0 Å². The highest BCUT2D eigenvalue weighted by molar-refractivity contribution is 5.89. The van der Waals surface area contributed by atoms with E-state index in [-0.39, 0.29) is 11.1 Å². The van der Waals surface area contributed by atoms with Crippen LogP contribution in [-0.2, 0) is 6.54 Å². The Bertz CT molecular complexity index is 854. The Hall–Kier alpha value is -2.28. The number of ether oxygens (including phenoxy) is 3. The smallest absolute Gasteiger partial charge is 0.261 e. The molecule has 1 aromatic heterocycles. The summed E-state index contributed by atoms with van der Waals surface area (Å²) in [7, 11) is 4.60. The van der Waals surface area contributed by atoms with Gasteiger partial charge in [0.2, 0.25) is 5.75 Å². The summed E-state index contributed by atoms with van der Waals surface area (Å²) in [5.74, 6) is 1.29. The number of rotatable bonds is 6. The molecule has 1 aromatic carbocycles. The third-order valence-corrected chi connectivity index (χ3v) is 5.14. The fourth-order valence-electron chi connectivity index (χ4n) is 3.72. The maximum Gasteiger partial charge on any atom is 0.261 e. The van der Waals surface area contributed by atoms with Gasteiger partial charge in [0.25, 0.3) is 5.56 Å². The van der Waals surface area contributed by atoms with Crippen molar-refractivity contribution < 1.29 is 14.2 Å². The van der Waals surface area contributed by atoms with Gasteiger partial charge in [-0.15, -0.1) is 0 Å². The van der Waals surface area contributed by atoms with Crippen molar-refractivity contribution in [2.24, 2.45) is 0 Å². The Balaban J connectivity index is 2.09. The first-order valence-electron chi connectivity index (χ1n) is 8.86. The number of aromatic nitrogens is 2. The molecule has 142 valence electrons. The third-order valence-electron chi connectivity index (χ3n) is 5.14. The standard InChI is InChI=1S/C19H27N3O4/c1-19(2,22-8-6-7-9-22)11-21-12-20-15-13(18(21)23)10-14(24-3)16(25-4)17(15)26-5/h10,12H,6-9,11H2,1-5H3. The summed E-state index contributed by atoms with van der Waals surface area (Å²) < 4.78 is 17.9. The summed E-state index contributed by atoms with van der Waals surface area (Å²) in [5, 5.41) is 0.458. The van der Waals surface area contributed by atoms with Crippen LogP contribution in [0.5, 0.6) is 17.2 Å². The molecule has 0 atom stereocenters. The van der Waals surface area contributed by atoms with E-state index in [0.29, 0.717) is 34.7 Å². The van der Waals surface area contributed by atoms with Crippen molar-refractivity contribution in [3.05, 3.63) is 22.7 Å². The van der Waals surface area contributed by atoms with Gasteiger partial charge in [-0.1, -0.05) is 0 Å². The molecule has 1 aliphatic rings. The molecule has 2 aromatic rings. The second-order valence-corrected chi connectivity index (χ2v) is 7.23. The van der Waals surface area contributed by atoms with Crippen molar-refractivity contribution in [1.82, 2.24) is 14.5 Å². The summed E-state index contributed by atoms with van der Waals surface area (Å²) >= 11 is 0. The molecule has 1 saturated heterocycles. The monoisotopic (exact) mass is 361 g/mol. The Kier molecular flexibility index (Phi) is 5.09. The van der Waals surface area contributed by atoms with E-state index in [1.54, 1.807) is 17.0 Å². The second-order valence-electron chi connectivity index (χ2n) is 7.23. The van der Waals surface area contributed by atoms with Crippen molar-refractivity contribution >= 4 is 10.9 Å². The van der Waals surface area contributed by atoms with Crippen LogP contribution in [0.4, 0.5) is 0 Å². The molecule has 0 N–H and O–H groups in total. The van der Waals surface area contributed by atoms with E-state index in [2.05, 4.69) is 23.7 Å². The molecule has 1 fully saturated rings. The predicted molar refractivity (Wildman–Crippen MR) is 101 cm³/mol. The largest absolute Gasteiger partial charge is 0.493 e. The fraction of sp³-hybridized carbons (Fsp3) is 0.579. The highest BCUT2D eigenvalue weighted by atomic mass is 16.5. The lowest BCUT2D eigenvalue weighted by Gasteiger charge is -2.35. The minimum absolute atomic E-state index is 0.110. The van der Waals surface area contributed by atoms with E-state index < -0.39 is 0 Å². The van der Waals surface area contributed by atoms with Crippen molar-refractivity contribution in [3.63, 3.8) is 0 Å². The molecular formula is C19H27N3O4. The number of hydrogen-bond donors (Lipinski definition) is 0. The van der Waals surface area contributed by atoms with Crippen LogP contribution in [0.1, 0.15) is 26.7 Å². The first-order valence-corrected chi connectivity index (χ1v) is 8.86. The number of nitrogens with zero attached hydrogens (tertiary/aromatic N) is 3. The minimum atomic E-state index is -0.115. The van der Waals surface area contributed by atoms with Gasteiger partial charge in [0, 0.05) is 12.1 Å². The van der Waals surface area contributed by atoms with E-state index in [0.717, 1.165) is 13.1 Å². The molecule has 0 bridgehead atoms. The molecule has 1 aliphatic heterocycles. The average molecular weight is 361 g/mol. The van der Waals surface area contributed by atoms with Crippen LogP contribution in [0.25, 0.3) is 10.9 Å².